The van der Waals surface area contributed by atoms with Crippen LogP contribution in [0.25, 0.3) is 0 Å². The molecular weight excluding hydrogens is 378 g/mol. The number of hydrogen-bond donors (Lipinski definition) is 0. The van der Waals surface area contributed by atoms with Gasteiger partial charge in [0.25, 0.3) is 0 Å². The van der Waals surface area contributed by atoms with Crippen molar-refractivity contribution in [2.24, 2.45) is 0 Å². The van der Waals surface area contributed by atoms with Crippen molar-refractivity contribution in [2.45, 2.75) is 26.6 Å². The minimum atomic E-state index is -4.77. The van der Waals surface area contributed by atoms with Crippen LogP contribution in [0.15, 0.2) is 6.20 Å². The summed E-state index contributed by atoms with van der Waals surface area (Å²) in [5.74, 6) is -0.846. The molecule has 0 saturated carbocycles. The second-order valence-electron chi connectivity index (χ2n) is 3.54. The summed E-state index contributed by atoms with van der Waals surface area (Å²) in [6.07, 6.45) is -3.89. The Morgan fingerprint density at radius 3 is 2.63 bits per heavy atom. The molecule has 1 aromatic heterocycles. The molecule has 1 aromatic rings. The zero-order valence-electron chi connectivity index (χ0n) is 10.2. The molecule has 0 spiro atoms. The number of hydrogen-bond acceptors (Lipinski definition) is 4. The summed E-state index contributed by atoms with van der Waals surface area (Å²) in [5, 5.41) is 0. The average Bonchev–Trinajstić information content (AvgIpc) is 2.28. The van der Waals surface area contributed by atoms with E-state index in [0.29, 0.717) is 9.26 Å². The maximum atomic E-state index is 12.1. The minimum absolute atomic E-state index is 0.0841. The number of aromatic nitrogens is 1. The second kappa shape index (κ2) is 6.40. The Morgan fingerprint density at radius 1 is 1.47 bits per heavy atom. The van der Waals surface area contributed by atoms with Gasteiger partial charge in [0, 0.05) is 9.13 Å². The van der Waals surface area contributed by atoms with E-state index < -0.39 is 12.3 Å². The number of rotatable bonds is 4. The van der Waals surface area contributed by atoms with Gasteiger partial charge in [0.1, 0.15) is 0 Å². The number of halogens is 4. The van der Waals surface area contributed by atoms with Crippen LogP contribution >= 0.6 is 22.6 Å². The van der Waals surface area contributed by atoms with Gasteiger partial charge in [-0.1, -0.05) is 0 Å². The van der Waals surface area contributed by atoms with E-state index in [4.69, 9.17) is 4.74 Å². The van der Waals surface area contributed by atoms with E-state index >= 15 is 0 Å². The largest absolute Gasteiger partial charge is 0.573 e. The molecule has 0 amide bonds. The molecule has 0 N–H and O–H groups in total. The Morgan fingerprint density at radius 2 is 2.11 bits per heavy atom. The first-order valence-corrected chi connectivity index (χ1v) is 6.37. The quantitative estimate of drug-likeness (QED) is 0.587. The second-order valence-corrected chi connectivity index (χ2v) is 4.62. The number of esters is 1. The number of nitrogens with zero attached hydrogens (tertiary/aromatic N) is 1. The highest BCUT2D eigenvalue weighted by Gasteiger charge is 2.32. The number of pyridine rings is 1. The van der Waals surface area contributed by atoms with Crippen molar-refractivity contribution in [1.82, 2.24) is 4.98 Å². The first-order valence-electron chi connectivity index (χ1n) is 5.30. The fraction of sp³-hybridized carbons (Fsp3) is 0.455. The molecule has 0 aliphatic heterocycles. The third-order valence-electron chi connectivity index (χ3n) is 2.13. The van der Waals surface area contributed by atoms with E-state index in [1.54, 1.807) is 6.92 Å². The Bertz CT molecular complexity index is 477. The maximum Gasteiger partial charge on any atom is 0.573 e. The summed E-state index contributed by atoms with van der Waals surface area (Å²) in [4.78, 5) is 15.1. The van der Waals surface area contributed by atoms with Crippen molar-refractivity contribution in [1.29, 1.82) is 0 Å². The molecule has 1 heterocycles. The van der Waals surface area contributed by atoms with E-state index in [-0.39, 0.29) is 24.3 Å². The minimum Gasteiger partial charge on any atom is -0.466 e. The molecule has 4 nitrogen and oxygen atoms in total. The van der Waals surface area contributed by atoms with Crippen LogP contribution in [0.1, 0.15) is 18.2 Å². The van der Waals surface area contributed by atoms with E-state index in [1.165, 1.54) is 6.92 Å². The van der Waals surface area contributed by atoms with Gasteiger partial charge in [-0.25, -0.2) is 0 Å². The predicted octanol–water partition coefficient (Wildman–Crippen LogP) is 3.00. The van der Waals surface area contributed by atoms with E-state index in [0.717, 1.165) is 6.20 Å². The van der Waals surface area contributed by atoms with Crippen LogP contribution in [0, 0.1) is 10.5 Å². The fourth-order valence-corrected chi connectivity index (χ4v) is 1.91. The summed E-state index contributed by atoms with van der Waals surface area (Å²) in [5.41, 5.74) is 0.651. The zero-order valence-corrected chi connectivity index (χ0v) is 12.3. The number of ether oxygens (including phenoxy) is 2. The van der Waals surface area contributed by atoms with Gasteiger partial charge in [-0.05, 0) is 36.4 Å². The van der Waals surface area contributed by atoms with Gasteiger partial charge in [0.05, 0.1) is 24.9 Å². The molecule has 0 saturated heterocycles. The molecule has 8 heteroatoms. The third kappa shape index (κ3) is 4.84. The molecule has 0 aliphatic rings. The monoisotopic (exact) mass is 389 g/mol. The molecule has 0 radical (unpaired) electrons. The van der Waals surface area contributed by atoms with Crippen LogP contribution in [0.2, 0.25) is 0 Å². The Hall–Kier alpha value is -1.06. The van der Waals surface area contributed by atoms with Gasteiger partial charge in [0.2, 0.25) is 0 Å². The highest BCUT2D eigenvalue weighted by molar-refractivity contribution is 14.1. The molecule has 0 aromatic carbocycles. The lowest BCUT2D eigenvalue weighted by atomic mass is 10.2. The van der Waals surface area contributed by atoms with Crippen LogP contribution in [-0.4, -0.2) is 23.9 Å². The standard InChI is InChI=1S/C11H11F3INO3/c1-3-18-9(17)4-7-10(15)6(2)8(5-16-7)19-11(12,13)14/h5H,3-4H2,1-2H3. The number of carbonyl (C=O) groups is 1. The molecule has 106 valence electrons. The van der Waals surface area contributed by atoms with Crippen molar-refractivity contribution < 1.29 is 27.4 Å². The van der Waals surface area contributed by atoms with Gasteiger partial charge in [-0.3, -0.25) is 9.78 Å². The Labute approximate surface area is 121 Å². The van der Waals surface area contributed by atoms with Crippen molar-refractivity contribution in [2.75, 3.05) is 6.61 Å². The SMILES string of the molecule is CCOC(=O)Cc1ncc(OC(F)(F)F)c(C)c1I. The Balaban J connectivity index is 2.94. The van der Waals surface area contributed by atoms with Crippen molar-refractivity contribution >= 4 is 28.6 Å². The van der Waals surface area contributed by atoms with Crippen molar-refractivity contribution in [3.63, 3.8) is 0 Å². The fourth-order valence-electron chi connectivity index (χ4n) is 1.31. The highest BCUT2D eigenvalue weighted by Crippen LogP contribution is 2.29. The predicted molar refractivity (Wildman–Crippen MR) is 68.7 cm³/mol. The molecule has 0 fully saturated rings. The maximum absolute atomic E-state index is 12.1. The van der Waals surface area contributed by atoms with E-state index in [2.05, 4.69) is 9.72 Å². The van der Waals surface area contributed by atoms with Crippen molar-refractivity contribution in [3.8, 4) is 5.75 Å². The van der Waals surface area contributed by atoms with Gasteiger partial charge >= 0.3 is 12.3 Å². The molecule has 0 atom stereocenters. The average molecular weight is 389 g/mol. The molecule has 0 bridgehead atoms. The summed E-state index contributed by atoms with van der Waals surface area (Å²) < 4.78 is 45.5. The van der Waals surface area contributed by atoms with Crippen molar-refractivity contribution in [3.05, 3.63) is 21.0 Å². The Kier molecular flexibility index (Phi) is 5.39. The smallest absolute Gasteiger partial charge is 0.466 e. The zero-order chi connectivity index (χ0) is 14.6. The van der Waals surface area contributed by atoms with Gasteiger partial charge < -0.3 is 9.47 Å². The number of alkyl halides is 3. The lowest BCUT2D eigenvalue weighted by molar-refractivity contribution is -0.275. The van der Waals surface area contributed by atoms with Gasteiger partial charge in [-0.15, -0.1) is 13.2 Å². The number of carbonyl (C=O) groups excluding carboxylic acids is 1. The molecule has 1 rings (SSSR count). The summed E-state index contributed by atoms with van der Waals surface area (Å²) in [7, 11) is 0. The topological polar surface area (TPSA) is 48.4 Å². The van der Waals surface area contributed by atoms with Gasteiger partial charge in [0.15, 0.2) is 5.75 Å². The third-order valence-corrected chi connectivity index (χ3v) is 3.56. The molecule has 0 unspecified atom stereocenters. The van der Waals surface area contributed by atoms with E-state index in [9.17, 15) is 18.0 Å². The van der Waals surface area contributed by atoms with Crippen LogP contribution in [0.5, 0.6) is 5.75 Å². The first-order chi connectivity index (χ1) is 8.74. The van der Waals surface area contributed by atoms with Crippen LogP contribution in [0.4, 0.5) is 13.2 Å². The molecule has 0 aliphatic carbocycles. The lowest BCUT2D eigenvalue weighted by Crippen LogP contribution is -2.19. The first kappa shape index (κ1) is 16.0. The van der Waals surface area contributed by atoms with Gasteiger partial charge in [-0.2, -0.15) is 0 Å². The highest BCUT2D eigenvalue weighted by atomic mass is 127. The van der Waals surface area contributed by atoms with Crippen LogP contribution < -0.4 is 4.74 Å². The van der Waals surface area contributed by atoms with Crippen LogP contribution in [-0.2, 0) is 16.0 Å². The molecular formula is C11H11F3INO3. The van der Waals surface area contributed by atoms with E-state index in [1.807, 2.05) is 22.6 Å². The summed E-state index contributed by atoms with van der Waals surface area (Å²) in [6, 6.07) is 0. The summed E-state index contributed by atoms with van der Waals surface area (Å²) in [6.45, 7) is 3.38. The molecule has 19 heavy (non-hydrogen) atoms. The van der Waals surface area contributed by atoms with Crippen LogP contribution in [0.3, 0.4) is 0 Å². The lowest BCUT2D eigenvalue weighted by Gasteiger charge is -2.13. The normalized spacial score (nSPS) is 11.3. The summed E-state index contributed by atoms with van der Waals surface area (Å²) >= 11 is 1.83.